The van der Waals surface area contributed by atoms with Gasteiger partial charge in [0, 0.05) is 55.8 Å². The molecular formula is C23H32N4O2S. The summed E-state index contributed by atoms with van der Waals surface area (Å²) in [6.45, 7) is 5.90. The van der Waals surface area contributed by atoms with Crippen LogP contribution in [0.15, 0.2) is 41.8 Å². The maximum absolute atomic E-state index is 12.8. The molecule has 7 heteroatoms. The van der Waals surface area contributed by atoms with Crippen LogP contribution in [0, 0.1) is 0 Å². The molecule has 1 saturated heterocycles. The second-order valence-electron chi connectivity index (χ2n) is 7.72. The summed E-state index contributed by atoms with van der Waals surface area (Å²) in [7, 11) is 1.83. The van der Waals surface area contributed by atoms with E-state index in [-0.39, 0.29) is 11.8 Å². The van der Waals surface area contributed by atoms with E-state index < -0.39 is 0 Å². The predicted octanol–water partition coefficient (Wildman–Crippen LogP) is 2.83. The summed E-state index contributed by atoms with van der Waals surface area (Å²) < 4.78 is 0. The Morgan fingerprint density at radius 2 is 1.87 bits per heavy atom. The first-order valence-electron chi connectivity index (χ1n) is 10.7. The van der Waals surface area contributed by atoms with Crippen LogP contribution in [0.3, 0.4) is 0 Å². The molecule has 1 fully saturated rings. The van der Waals surface area contributed by atoms with Crippen molar-refractivity contribution in [1.29, 1.82) is 0 Å². The van der Waals surface area contributed by atoms with E-state index >= 15 is 0 Å². The molecule has 0 spiro atoms. The number of benzene rings is 1. The van der Waals surface area contributed by atoms with E-state index in [0.717, 1.165) is 26.2 Å². The van der Waals surface area contributed by atoms with E-state index in [4.69, 9.17) is 0 Å². The van der Waals surface area contributed by atoms with Gasteiger partial charge in [0.2, 0.25) is 0 Å². The molecule has 2 aromatic rings. The molecule has 1 aromatic carbocycles. The third-order valence-electron chi connectivity index (χ3n) is 5.39. The van der Waals surface area contributed by atoms with E-state index in [2.05, 4.69) is 27.0 Å². The Labute approximate surface area is 183 Å². The largest absolute Gasteiger partial charge is 0.351 e. The first-order chi connectivity index (χ1) is 14.6. The summed E-state index contributed by atoms with van der Waals surface area (Å²) >= 11 is 1.71. The van der Waals surface area contributed by atoms with Gasteiger partial charge in [-0.15, -0.1) is 11.3 Å². The fourth-order valence-corrected chi connectivity index (χ4v) is 4.26. The molecule has 1 aliphatic heterocycles. The van der Waals surface area contributed by atoms with Crippen LogP contribution >= 0.6 is 11.3 Å². The van der Waals surface area contributed by atoms with Gasteiger partial charge in [-0.3, -0.25) is 9.59 Å². The highest BCUT2D eigenvalue weighted by atomic mass is 32.1. The fourth-order valence-electron chi connectivity index (χ4n) is 3.58. The van der Waals surface area contributed by atoms with Gasteiger partial charge < -0.3 is 20.4 Å². The summed E-state index contributed by atoms with van der Waals surface area (Å²) in [6, 6.07) is 11.1. The zero-order chi connectivity index (χ0) is 21.2. The number of nitrogens with zero attached hydrogens (tertiary/aromatic N) is 2. The summed E-state index contributed by atoms with van der Waals surface area (Å²) in [5.41, 5.74) is 1.07. The van der Waals surface area contributed by atoms with Crippen LogP contribution in [-0.4, -0.2) is 67.9 Å². The van der Waals surface area contributed by atoms with Crippen molar-refractivity contribution >= 4 is 23.2 Å². The van der Waals surface area contributed by atoms with Crippen molar-refractivity contribution in [2.45, 2.75) is 25.8 Å². The standard InChI is InChI=1S/C23H32N4O2S/c1-26(14-15-27-12-3-2-4-13-27)23(29)20-8-5-7-19(17-20)22(28)25-11-10-24-18-21-9-6-16-30-21/h5-9,16-17,24H,2-4,10-15,18H2,1H3,(H,25,28). The molecule has 2 amide bonds. The minimum Gasteiger partial charge on any atom is -0.351 e. The first-order valence-corrected chi connectivity index (χ1v) is 11.6. The average molecular weight is 429 g/mol. The van der Waals surface area contributed by atoms with Crippen molar-refractivity contribution < 1.29 is 9.59 Å². The smallest absolute Gasteiger partial charge is 0.253 e. The molecule has 0 atom stereocenters. The molecule has 1 aromatic heterocycles. The molecule has 3 rings (SSSR count). The molecule has 30 heavy (non-hydrogen) atoms. The van der Waals surface area contributed by atoms with Crippen molar-refractivity contribution in [2.75, 3.05) is 46.3 Å². The number of likely N-dealkylation sites (N-methyl/N-ethyl adjacent to an activating group) is 1. The van der Waals surface area contributed by atoms with Crippen LogP contribution in [0.25, 0.3) is 0 Å². The first kappa shape index (κ1) is 22.5. The van der Waals surface area contributed by atoms with E-state index in [1.807, 2.05) is 13.1 Å². The topological polar surface area (TPSA) is 64.7 Å². The van der Waals surface area contributed by atoms with Gasteiger partial charge in [0.1, 0.15) is 0 Å². The van der Waals surface area contributed by atoms with Crippen LogP contribution in [0.4, 0.5) is 0 Å². The number of hydrogen-bond donors (Lipinski definition) is 2. The van der Waals surface area contributed by atoms with Crippen LogP contribution in [-0.2, 0) is 6.54 Å². The van der Waals surface area contributed by atoms with E-state index in [9.17, 15) is 9.59 Å². The Kier molecular flexibility index (Phi) is 8.86. The number of carbonyl (C=O) groups excluding carboxylic acids is 2. The molecule has 0 saturated carbocycles. The number of thiophene rings is 1. The lowest BCUT2D eigenvalue weighted by atomic mass is 10.1. The van der Waals surface area contributed by atoms with Gasteiger partial charge >= 0.3 is 0 Å². The molecular weight excluding hydrogens is 396 g/mol. The van der Waals surface area contributed by atoms with Crippen molar-refractivity contribution in [3.63, 3.8) is 0 Å². The van der Waals surface area contributed by atoms with Crippen LogP contribution in [0.1, 0.15) is 44.9 Å². The zero-order valence-corrected chi connectivity index (χ0v) is 18.5. The number of piperidine rings is 1. The lowest BCUT2D eigenvalue weighted by molar-refractivity contribution is 0.0773. The number of nitrogens with one attached hydrogen (secondary N) is 2. The molecule has 1 aliphatic rings. The molecule has 162 valence electrons. The van der Waals surface area contributed by atoms with Gasteiger partial charge in [0.15, 0.2) is 0 Å². The van der Waals surface area contributed by atoms with Crippen molar-refractivity contribution in [3.8, 4) is 0 Å². The zero-order valence-electron chi connectivity index (χ0n) is 17.7. The van der Waals surface area contributed by atoms with Crippen LogP contribution < -0.4 is 10.6 Å². The van der Waals surface area contributed by atoms with Gasteiger partial charge in [-0.1, -0.05) is 18.6 Å². The number of likely N-dealkylation sites (tertiary alicyclic amines) is 1. The molecule has 0 aliphatic carbocycles. The number of amides is 2. The molecule has 2 N–H and O–H groups in total. The van der Waals surface area contributed by atoms with Gasteiger partial charge in [-0.2, -0.15) is 0 Å². The van der Waals surface area contributed by atoms with Gasteiger partial charge in [0.25, 0.3) is 11.8 Å². The van der Waals surface area contributed by atoms with Crippen molar-refractivity contribution in [1.82, 2.24) is 20.4 Å². The third kappa shape index (κ3) is 6.93. The Bertz CT molecular complexity index is 803. The van der Waals surface area contributed by atoms with Crippen LogP contribution in [0.5, 0.6) is 0 Å². The van der Waals surface area contributed by atoms with E-state index in [1.165, 1.54) is 24.1 Å². The number of carbonyl (C=O) groups is 2. The minimum atomic E-state index is -0.154. The fraction of sp³-hybridized carbons (Fsp3) is 0.478. The van der Waals surface area contributed by atoms with E-state index in [0.29, 0.717) is 30.8 Å². The third-order valence-corrected chi connectivity index (χ3v) is 6.26. The molecule has 0 radical (unpaired) electrons. The monoisotopic (exact) mass is 428 g/mol. The van der Waals surface area contributed by atoms with Crippen molar-refractivity contribution in [2.24, 2.45) is 0 Å². The molecule has 0 unspecified atom stereocenters. The molecule has 6 nitrogen and oxygen atoms in total. The summed E-state index contributed by atoms with van der Waals surface area (Å²) in [5.74, 6) is -0.196. The molecule has 0 bridgehead atoms. The molecule has 2 heterocycles. The normalized spacial score (nSPS) is 14.4. The highest BCUT2D eigenvalue weighted by Gasteiger charge is 2.16. The highest BCUT2D eigenvalue weighted by molar-refractivity contribution is 7.09. The quantitative estimate of drug-likeness (QED) is 0.571. The second kappa shape index (κ2) is 11.8. The van der Waals surface area contributed by atoms with Crippen LogP contribution in [0.2, 0.25) is 0 Å². The lowest BCUT2D eigenvalue weighted by Gasteiger charge is -2.28. The summed E-state index contributed by atoms with van der Waals surface area (Å²) in [5, 5.41) is 8.28. The Balaban J connectivity index is 1.42. The van der Waals surface area contributed by atoms with Gasteiger partial charge in [-0.25, -0.2) is 0 Å². The lowest BCUT2D eigenvalue weighted by Crippen LogP contribution is -2.38. The maximum Gasteiger partial charge on any atom is 0.253 e. The Morgan fingerprint density at radius 1 is 1.07 bits per heavy atom. The maximum atomic E-state index is 12.8. The second-order valence-corrected chi connectivity index (χ2v) is 8.75. The average Bonchev–Trinajstić information content (AvgIpc) is 3.31. The predicted molar refractivity (Wildman–Crippen MR) is 122 cm³/mol. The minimum absolute atomic E-state index is 0.0423. The Morgan fingerprint density at radius 3 is 2.63 bits per heavy atom. The Hall–Kier alpha value is -2.22. The van der Waals surface area contributed by atoms with Gasteiger partial charge in [-0.05, 0) is 55.6 Å². The van der Waals surface area contributed by atoms with E-state index in [1.54, 1.807) is 40.5 Å². The highest BCUT2D eigenvalue weighted by Crippen LogP contribution is 2.11. The van der Waals surface area contributed by atoms with Crippen molar-refractivity contribution in [3.05, 3.63) is 57.8 Å². The number of hydrogen-bond acceptors (Lipinski definition) is 5. The summed E-state index contributed by atoms with van der Waals surface area (Å²) in [4.78, 5) is 30.7. The summed E-state index contributed by atoms with van der Waals surface area (Å²) in [6.07, 6.45) is 3.81. The van der Waals surface area contributed by atoms with Gasteiger partial charge in [0.05, 0.1) is 0 Å². The number of rotatable bonds is 10. The SMILES string of the molecule is CN(CCN1CCCCC1)C(=O)c1cccc(C(=O)NCCNCc2cccs2)c1.